The van der Waals surface area contributed by atoms with Crippen molar-refractivity contribution in [1.29, 1.82) is 0 Å². The molecule has 0 radical (unpaired) electrons. The Morgan fingerprint density at radius 1 is 1.04 bits per heavy atom. The number of aromatic amines is 1. The Balaban J connectivity index is 1.35. The average Bonchev–Trinajstić information content (AvgIpc) is 3.31. The summed E-state index contributed by atoms with van der Waals surface area (Å²) in [5, 5.41) is 6.47. The lowest BCUT2D eigenvalue weighted by Crippen LogP contribution is -2.40. The second-order valence-electron chi connectivity index (χ2n) is 7.68. The number of carbonyl (C=O) groups is 2. The number of H-pyrrole nitrogens is 1. The van der Waals surface area contributed by atoms with E-state index in [0.29, 0.717) is 11.8 Å². The molecule has 1 N–H and O–H groups in total. The van der Waals surface area contributed by atoms with Crippen LogP contribution in [-0.4, -0.2) is 28.0 Å². The Labute approximate surface area is 144 Å². The van der Waals surface area contributed by atoms with Gasteiger partial charge in [0.05, 0.1) is 18.1 Å². The third-order valence-electron chi connectivity index (χ3n) is 6.57. The quantitative estimate of drug-likeness (QED) is 0.522. The largest absolute Gasteiger partial charge is 0.361 e. The van der Waals surface area contributed by atoms with Crippen molar-refractivity contribution in [3.8, 4) is 0 Å². The monoisotopic (exact) mass is 331 g/mol. The number of allylic oxidation sites excluding steroid dienone is 2. The molecule has 5 heteroatoms. The van der Waals surface area contributed by atoms with Gasteiger partial charge in [-0.1, -0.05) is 30.4 Å². The lowest BCUT2D eigenvalue weighted by atomic mass is 9.63. The smallest absolute Gasteiger partial charge is 0.254 e. The van der Waals surface area contributed by atoms with Crippen molar-refractivity contribution in [2.45, 2.75) is 6.42 Å². The summed E-state index contributed by atoms with van der Waals surface area (Å²) < 4.78 is 0. The SMILES string of the molecule is O=C1[C@H]2[C@@H]3C=C[C@H]([C@@H]4C[C@H]34)[C@@H]2C(=O)N1/N=C\c1c[nH]c2ccccc12. The number of fused-ring (bicyclic) bond motifs is 1. The Bertz CT molecular complexity index is 952. The third-order valence-corrected chi connectivity index (χ3v) is 6.57. The van der Waals surface area contributed by atoms with Gasteiger partial charge in [-0.2, -0.15) is 10.1 Å². The number of nitrogens with one attached hydrogen (secondary N) is 1. The fraction of sp³-hybridized carbons (Fsp3) is 0.350. The van der Waals surface area contributed by atoms with Crippen molar-refractivity contribution >= 4 is 28.9 Å². The molecule has 2 amide bonds. The number of nitrogens with zero attached hydrogens (tertiary/aromatic N) is 2. The number of amides is 2. The minimum Gasteiger partial charge on any atom is -0.361 e. The molecule has 5 nitrogen and oxygen atoms in total. The molecule has 2 bridgehead atoms. The maximum absolute atomic E-state index is 12.9. The molecule has 6 atom stereocenters. The van der Waals surface area contributed by atoms with Crippen molar-refractivity contribution in [3.05, 3.63) is 48.2 Å². The zero-order valence-electron chi connectivity index (χ0n) is 13.5. The van der Waals surface area contributed by atoms with Crippen LogP contribution in [-0.2, 0) is 9.59 Å². The number of rotatable bonds is 2. The summed E-state index contributed by atoms with van der Waals surface area (Å²) in [5.74, 6) is 1.11. The molecule has 25 heavy (non-hydrogen) atoms. The van der Waals surface area contributed by atoms with Gasteiger partial charge in [0.2, 0.25) is 0 Å². The van der Waals surface area contributed by atoms with E-state index < -0.39 is 0 Å². The molecule has 1 aromatic carbocycles. The van der Waals surface area contributed by atoms with Crippen molar-refractivity contribution < 1.29 is 9.59 Å². The summed E-state index contributed by atoms with van der Waals surface area (Å²) in [6, 6.07) is 7.91. The zero-order valence-corrected chi connectivity index (χ0v) is 13.5. The molecule has 0 spiro atoms. The zero-order chi connectivity index (χ0) is 16.7. The van der Waals surface area contributed by atoms with Gasteiger partial charge in [-0.05, 0) is 36.2 Å². The Hall–Kier alpha value is -2.69. The predicted octanol–water partition coefficient (Wildman–Crippen LogP) is 2.55. The van der Waals surface area contributed by atoms with E-state index in [-0.39, 0.29) is 35.5 Å². The number of imide groups is 1. The van der Waals surface area contributed by atoms with Crippen LogP contribution in [0.1, 0.15) is 12.0 Å². The van der Waals surface area contributed by atoms with Gasteiger partial charge in [-0.25, -0.2) is 0 Å². The van der Waals surface area contributed by atoms with Crippen LogP contribution in [0.4, 0.5) is 0 Å². The second kappa shape index (κ2) is 4.48. The van der Waals surface area contributed by atoms with E-state index in [1.807, 2.05) is 30.5 Å². The summed E-state index contributed by atoms with van der Waals surface area (Å²) in [5.41, 5.74) is 1.90. The van der Waals surface area contributed by atoms with E-state index in [0.717, 1.165) is 21.5 Å². The van der Waals surface area contributed by atoms with Crippen LogP contribution < -0.4 is 0 Å². The first-order valence-electron chi connectivity index (χ1n) is 8.90. The van der Waals surface area contributed by atoms with Crippen LogP contribution in [0.5, 0.6) is 0 Å². The molecule has 2 heterocycles. The van der Waals surface area contributed by atoms with Crippen molar-refractivity contribution in [2.75, 3.05) is 0 Å². The highest BCUT2D eigenvalue weighted by molar-refractivity contribution is 6.07. The van der Waals surface area contributed by atoms with Crippen LogP contribution in [0.3, 0.4) is 0 Å². The summed E-state index contributed by atoms with van der Waals surface area (Å²) >= 11 is 0. The number of aromatic nitrogens is 1. The molecule has 7 rings (SSSR count). The molecule has 1 aliphatic heterocycles. The first kappa shape index (κ1) is 13.6. The molecule has 3 fully saturated rings. The number of para-hydroxylation sites is 1. The van der Waals surface area contributed by atoms with Gasteiger partial charge in [0.15, 0.2) is 0 Å². The first-order valence-corrected chi connectivity index (χ1v) is 8.90. The van der Waals surface area contributed by atoms with E-state index in [9.17, 15) is 9.59 Å². The number of hydrogen-bond donors (Lipinski definition) is 1. The van der Waals surface area contributed by atoms with Gasteiger partial charge in [0.25, 0.3) is 11.8 Å². The first-order chi connectivity index (χ1) is 12.2. The Morgan fingerprint density at radius 2 is 1.72 bits per heavy atom. The fourth-order valence-electron chi connectivity index (χ4n) is 5.38. The van der Waals surface area contributed by atoms with Crippen molar-refractivity contribution in [2.24, 2.45) is 40.6 Å². The highest BCUT2D eigenvalue weighted by Gasteiger charge is 2.67. The van der Waals surface area contributed by atoms with Gasteiger partial charge >= 0.3 is 0 Å². The molecule has 0 unspecified atom stereocenters. The molecule has 1 aromatic heterocycles. The van der Waals surface area contributed by atoms with Gasteiger partial charge in [0, 0.05) is 22.7 Å². The minimum atomic E-state index is -0.189. The lowest BCUT2D eigenvalue weighted by molar-refractivity contribution is -0.140. The molecular weight excluding hydrogens is 314 g/mol. The highest BCUT2D eigenvalue weighted by atomic mass is 16.2. The minimum absolute atomic E-state index is 0.115. The molecular formula is C20H17N3O2. The van der Waals surface area contributed by atoms with E-state index in [1.165, 1.54) is 6.42 Å². The van der Waals surface area contributed by atoms with Crippen LogP contribution in [0.15, 0.2) is 47.7 Å². The van der Waals surface area contributed by atoms with E-state index in [4.69, 9.17) is 0 Å². The second-order valence-corrected chi connectivity index (χ2v) is 7.68. The number of benzene rings is 1. The lowest BCUT2D eigenvalue weighted by Gasteiger charge is -2.37. The van der Waals surface area contributed by atoms with Crippen molar-refractivity contribution in [3.63, 3.8) is 0 Å². The molecule has 5 aliphatic rings. The number of carbonyl (C=O) groups excluding carboxylic acids is 2. The van der Waals surface area contributed by atoms with Gasteiger partial charge < -0.3 is 4.98 Å². The summed E-state index contributed by atoms with van der Waals surface area (Å²) in [6.45, 7) is 0. The highest BCUT2D eigenvalue weighted by Crippen LogP contribution is 2.65. The van der Waals surface area contributed by atoms with Crippen molar-refractivity contribution in [1.82, 2.24) is 9.99 Å². The molecule has 2 aromatic rings. The van der Waals surface area contributed by atoms with Gasteiger partial charge in [-0.15, -0.1) is 0 Å². The third kappa shape index (κ3) is 1.65. The molecule has 4 aliphatic carbocycles. The number of hydrazone groups is 1. The Kier molecular flexibility index (Phi) is 2.43. The van der Waals surface area contributed by atoms with E-state index in [1.54, 1.807) is 6.21 Å². The van der Waals surface area contributed by atoms with Crippen LogP contribution in [0.25, 0.3) is 10.9 Å². The van der Waals surface area contributed by atoms with Gasteiger partial charge in [-0.3, -0.25) is 9.59 Å². The van der Waals surface area contributed by atoms with Crippen LogP contribution in [0.2, 0.25) is 0 Å². The molecule has 1 saturated heterocycles. The number of hydrogen-bond acceptors (Lipinski definition) is 3. The molecule has 2 saturated carbocycles. The molecule has 124 valence electrons. The maximum Gasteiger partial charge on any atom is 0.254 e. The summed E-state index contributed by atoms with van der Waals surface area (Å²) in [6.07, 6.45) is 9.01. The topological polar surface area (TPSA) is 65.5 Å². The van der Waals surface area contributed by atoms with E-state index in [2.05, 4.69) is 22.2 Å². The Morgan fingerprint density at radius 3 is 2.44 bits per heavy atom. The maximum atomic E-state index is 12.9. The average molecular weight is 331 g/mol. The van der Waals surface area contributed by atoms with Crippen LogP contribution in [0, 0.1) is 35.5 Å². The van der Waals surface area contributed by atoms with Gasteiger partial charge in [0.1, 0.15) is 0 Å². The van der Waals surface area contributed by atoms with E-state index >= 15 is 0 Å². The normalized spacial score (nSPS) is 38.0. The summed E-state index contributed by atoms with van der Waals surface area (Å²) in [7, 11) is 0. The predicted molar refractivity (Wildman–Crippen MR) is 92.4 cm³/mol. The summed E-state index contributed by atoms with van der Waals surface area (Å²) in [4.78, 5) is 28.9. The fourth-order valence-corrected chi connectivity index (χ4v) is 5.38. The standard InChI is InChI=1S/C20H17N3O2/c24-19-17-12-5-6-13(15-7-14(12)15)18(17)20(25)23(19)22-9-10-8-21-16-4-2-1-3-11(10)16/h1-6,8-9,12-15,17-18,21H,7H2/b22-9-/t12-,13-,14-,15+,17+,18+/m1/s1. The van der Waals surface area contributed by atoms with Crippen LogP contribution >= 0.6 is 0 Å².